The highest BCUT2D eigenvalue weighted by Crippen LogP contribution is 1.76. The van der Waals surface area contributed by atoms with Crippen LogP contribution in [0.4, 0.5) is 4.39 Å². The van der Waals surface area contributed by atoms with Crippen molar-refractivity contribution < 1.29 is 13.2 Å². The zero-order chi connectivity index (χ0) is 5.70. The summed E-state index contributed by atoms with van der Waals surface area (Å²) in [5, 5.41) is 0. The Kier molecular flexibility index (Phi) is 3.83. The highest BCUT2D eigenvalue weighted by Gasteiger charge is 1.82. The van der Waals surface area contributed by atoms with Crippen LogP contribution in [0.2, 0.25) is 0 Å². The summed E-state index contributed by atoms with van der Waals surface area (Å²) in [6, 6.07) is 0. The van der Waals surface area contributed by atoms with Crippen LogP contribution in [0.3, 0.4) is 0 Å². The van der Waals surface area contributed by atoms with Gasteiger partial charge in [0.1, 0.15) is 0 Å². The number of halogens is 1. The second-order valence-electron chi connectivity index (χ2n) is 0.850. The van der Waals surface area contributed by atoms with Crippen molar-refractivity contribution in [1.82, 2.24) is 0 Å². The van der Waals surface area contributed by atoms with E-state index >= 15 is 0 Å². The molecule has 0 aromatic heterocycles. The van der Waals surface area contributed by atoms with Crippen LogP contribution < -0.4 is 0 Å². The third-order valence-corrected chi connectivity index (χ3v) is 0.805. The van der Waals surface area contributed by atoms with Crippen LogP contribution in [-0.4, -0.2) is 14.5 Å². The van der Waals surface area contributed by atoms with Gasteiger partial charge in [0.05, 0.1) is 12.1 Å². The van der Waals surface area contributed by atoms with Crippen molar-refractivity contribution in [1.29, 1.82) is 0 Å². The van der Waals surface area contributed by atoms with Crippen LogP contribution >= 0.6 is 0 Å². The molecule has 0 amide bonds. The number of hydrogen-bond acceptors (Lipinski definition) is 1. The van der Waals surface area contributed by atoms with Crippen LogP contribution in [0.15, 0.2) is 12.4 Å². The summed E-state index contributed by atoms with van der Waals surface area (Å²) in [4.78, 5) is 0. The summed E-state index contributed by atoms with van der Waals surface area (Å²) >= 11 is -1.89. The first-order chi connectivity index (χ1) is 3.27. The molecule has 4 heteroatoms. The Morgan fingerprint density at radius 3 is 2.57 bits per heavy atom. The first-order valence-electron chi connectivity index (χ1n) is 1.60. The lowest BCUT2D eigenvalue weighted by molar-refractivity contribution is 0.567. The minimum absolute atomic E-state index is 0.128. The van der Waals surface area contributed by atoms with Crippen molar-refractivity contribution in [3.8, 4) is 0 Å². The van der Waals surface area contributed by atoms with E-state index in [1.807, 2.05) is 0 Å². The average Bonchev–Trinajstić information content (AvgIpc) is 1.61. The molecule has 0 radical (unpaired) electrons. The maximum Gasteiger partial charge on any atom is 0.156 e. The average molecular weight is 124 g/mol. The van der Waals surface area contributed by atoms with Crippen LogP contribution in [0.25, 0.3) is 0 Å². The van der Waals surface area contributed by atoms with Crippen molar-refractivity contribution >= 4 is 11.1 Å². The van der Waals surface area contributed by atoms with E-state index < -0.39 is 11.1 Å². The third kappa shape index (κ3) is 5.78. The maximum absolute atomic E-state index is 10.9. The standard InChI is InChI=1S/C3H5FO2S/c4-2-1-3-7(5)6/h1-2H,3H2,(H,5,6). The first kappa shape index (κ1) is 6.78. The number of rotatable bonds is 2. The van der Waals surface area contributed by atoms with Gasteiger partial charge in [-0.05, 0) is 6.08 Å². The highest BCUT2D eigenvalue weighted by atomic mass is 32.2. The summed E-state index contributed by atoms with van der Waals surface area (Å²) in [5.74, 6) is -0.128. The van der Waals surface area contributed by atoms with Crippen LogP contribution in [0.5, 0.6) is 0 Å². The molecular weight excluding hydrogens is 119 g/mol. The fraction of sp³-hybridized carbons (Fsp3) is 0.333. The Morgan fingerprint density at radius 1 is 1.86 bits per heavy atom. The molecule has 0 aromatic rings. The minimum Gasteiger partial charge on any atom is -0.306 e. The molecule has 0 saturated heterocycles. The molecule has 1 atom stereocenters. The van der Waals surface area contributed by atoms with E-state index in [9.17, 15) is 8.60 Å². The van der Waals surface area contributed by atoms with Gasteiger partial charge in [0.2, 0.25) is 0 Å². The van der Waals surface area contributed by atoms with Gasteiger partial charge in [-0.25, -0.2) is 8.60 Å². The minimum atomic E-state index is -1.89. The second-order valence-corrected chi connectivity index (χ2v) is 1.83. The summed E-state index contributed by atoms with van der Waals surface area (Å²) in [6.07, 6.45) is 1.23. The molecule has 0 spiro atoms. The lowest BCUT2D eigenvalue weighted by Gasteiger charge is -1.77. The van der Waals surface area contributed by atoms with Crippen molar-refractivity contribution in [2.45, 2.75) is 0 Å². The van der Waals surface area contributed by atoms with Crippen molar-refractivity contribution in [3.05, 3.63) is 12.4 Å². The van der Waals surface area contributed by atoms with E-state index in [1.54, 1.807) is 0 Å². The molecule has 42 valence electrons. The van der Waals surface area contributed by atoms with Gasteiger partial charge in [-0.15, -0.1) is 0 Å². The predicted molar refractivity (Wildman–Crippen MR) is 25.9 cm³/mol. The largest absolute Gasteiger partial charge is 0.306 e. The first-order valence-corrected chi connectivity index (χ1v) is 2.87. The van der Waals surface area contributed by atoms with Gasteiger partial charge in [-0.3, -0.25) is 0 Å². The van der Waals surface area contributed by atoms with E-state index in [2.05, 4.69) is 0 Å². The summed E-state index contributed by atoms with van der Waals surface area (Å²) in [6.45, 7) is 0. The molecule has 0 aliphatic carbocycles. The molecule has 0 rings (SSSR count). The maximum atomic E-state index is 10.9. The van der Waals surface area contributed by atoms with Gasteiger partial charge < -0.3 is 4.55 Å². The Balaban J connectivity index is 3.14. The van der Waals surface area contributed by atoms with E-state index in [0.717, 1.165) is 6.08 Å². The number of hydrogen-bond donors (Lipinski definition) is 1. The van der Waals surface area contributed by atoms with Gasteiger partial charge >= 0.3 is 0 Å². The van der Waals surface area contributed by atoms with E-state index in [4.69, 9.17) is 4.55 Å². The van der Waals surface area contributed by atoms with Crippen LogP contribution in [0.1, 0.15) is 0 Å². The molecule has 0 saturated carbocycles. The predicted octanol–water partition coefficient (Wildman–Crippen LogP) is 0.691. The molecule has 1 unspecified atom stereocenters. The molecule has 0 bridgehead atoms. The van der Waals surface area contributed by atoms with Crippen molar-refractivity contribution in [3.63, 3.8) is 0 Å². The van der Waals surface area contributed by atoms with Gasteiger partial charge in [0.15, 0.2) is 11.1 Å². The highest BCUT2D eigenvalue weighted by molar-refractivity contribution is 7.79. The van der Waals surface area contributed by atoms with Gasteiger partial charge in [-0.2, -0.15) is 0 Å². The summed E-state index contributed by atoms with van der Waals surface area (Å²) in [5.41, 5.74) is 0. The summed E-state index contributed by atoms with van der Waals surface area (Å²) in [7, 11) is 0. The molecule has 0 aliphatic rings. The molecule has 0 aliphatic heterocycles. The normalized spacial score (nSPS) is 15.1. The molecule has 0 aromatic carbocycles. The smallest absolute Gasteiger partial charge is 0.156 e. The molecule has 2 nitrogen and oxygen atoms in total. The zero-order valence-electron chi connectivity index (χ0n) is 3.50. The zero-order valence-corrected chi connectivity index (χ0v) is 4.32. The fourth-order valence-corrected chi connectivity index (χ4v) is 0.356. The third-order valence-electron chi connectivity index (χ3n) is 0.328. The Labute approximate surface area is 43.3 Å². The SMILES string of the molecule is O=S(O)CC=CF. The monoisotopic (exact) mass is 124 g/mol. The molecular formula is C3H5FO2S. The Morgan fingerprint density at radius 2 is 2.43 bits per heavy atom. The topological polar surface area (TPSA) is 37.3 Å². The Hall–Kier alpha value is -0.220. The quantitative estimate of drug-likeness (QED) is 0.550. The van der Waals surface area contributed by atoms with Gasteiger partial charge in [0.25, 0.3) is 0 Å². The van der Waals surface area contributed by atoms with Crippen LogP contribution in [-0.2, 0) is 11.1 Å². The Bertz CT molecular complexity index is 90.9. The van der Waals surface area contributed by atoms with Gasteiger partial charge in [0, 0.05) is 0 Å². The molecule has 0 heterocycles. The fourth-order valence-electron chi connectivity index (χ4n) is 0.119. The van der Waals surface area contributed by atoms with Crippen LogP contribution in [0, 0.1) is 0 Å². The second kappa shape index (κ2) is 3.95. The lowest BCUT2D eigenvalue weighted by atomic mass is 10.7. The molecule has 0 fully saturated rings. The molecule has 7 heavy (non-hydrogen) atoms. The lowest BCUT2D eigenvalue weighted by Crippen LogP contribution is -1.87. The van der Waals surface area contributed by atoms with E-state index in [0.29, 0.717) is 0 Å². The summed E-state index contributed by atoms with van der Waals surface area (Å²) < 4.78 is 28.5. The molecule has 1 N–H and O–H groups in total. The van der Waals surface area contributed by atoms with Crippen molar-refractivity contribution in [2.24, 2.45) is 0 Å². The van der Waals surface area contributed by atoms with Crippen molar-refractivity contribution in [2.75, 3.05) is 5.75 Å². The van der Waals surface area contributed by atoms with E-state index in [-0.39, 0.29) is 12.1 Å². The van der Waals surface area contributed by atoms with Gasteiger partial charge in [-0.1, -0.05) is 0 Å². The van der Waals surface area contributed by atoms with E-state index in [1.165, 1.54) is 0 Å².